The fraction of sp³-hybridized carbons (Fsp3) is 0.200. The van der Waals surface area contributed by atoms with E-state index in [1.54, 1.807) is 12.3 Å². The van der Waals surface area contributed by atoms with E-state index < -0.39 is 0 Å². The van der Waals surface area contributed by atoms with Crippen molar-refractivity contribution in [2.45, 2.75) is 6.42 Å². The summed E-state index contributed by atoms with van der Waals surface area (Å²) < 4.78 is 0. The summed E-state index contributed by atoms with van der Waals surface area (Å²) in [4.78, 5) is 17.6. The van der Waals surface area contributed by atoms with Crippen LogP contribution in [0, 0.1) is 11.8 Å². The maximum atomic E-state index is 11.9. The van der Waals surface area contributed by atoms with Gasteiger partial charge in [-0.1, -0.05) is 17.9 Å². The SMILES string of the molecule is NCC#Cc1ccc(C(=O)NCCc2ccccn2)s1. The second kappa shape index (κ2) is 7.43. The minimum Gasteiger partial charge on any atom is -0.351 e. The molecular weight excluding hydrogens is 270 g/mol. The number of rotatable bonds is 4. The van der Waals surface area contributed by atoms with Crippen molar-refractivity contribution in [3.63, 3.8) is 0 Å². The van der Waals surface area contributed by atoms with Gasteiger partial charge in [-0.3, -0.25) is 9.78 Å². The highest BCUT2D eigenvalue weighted by molar-refractivity contribution is 7.14. The second-order valence-corrected chi connectivity index (χ2v) is 5.08. The summed E-state index contributed by atoms with van der Waals surface area (Å²) in [5.41, 5.74) is 6.28. The molecule has 0 aliphatic carbocycles. The Labute approximate surface area is 122 Å². The van der Waals surface area contributed by atoms with Crippen LogP contribution in [0.1, 0.15) is 20.2 Å². The zero-order valence-corrected chi connectivity index (χ0v) is 11.7. The van der Waals surface area contributed by atoms with Gasteiger partial charge in [-0.05, 0) is 24.3 Å². The van der Waals surface area contributed by atoms with Gasteiger partial charge < -0.3 is 11.1 Å². The molecule has 0 saturated heterocycles. The Hall–Kier alpha value is -2.16. The molecule has 2 heterocycles. The van der Waals surface area contributed by atoms with Crippen LogP contribution in [0.25, 0.3) is 0 Å². The molecule has 0 unspecified atom stereocenters. The van der Waals surface area contributed by atoms with Crippen molar-refractivity contribution >= 4 is 17.2 Å². The van der Waals surface area contributed by atoms with Crippen molar-refractivity contribution < 1.29 is 4.79 Å². The molecule has 5 heteroatoms. The number of hydrogen-bond donors (Lipinski definition) is 2. The summed E-state index contributed by atoms with van der Waals surface area (Å²) >= 11 is 1.37. The third-order valence-corrected chi connectivity index (χ3v) is 3.54. The van der Waals surface area contributed by atoms with Gasteiger partial charge >= 0.3 is 0 Å². The van der Waals surface area contributed by atoms with Crippen LogP contribution < -0.4 is 11.1 Å². The Bertz CT molecular complexity index is 625. The molecule has 2 aromatic rings. The van der Waals surface area contributed by atoms with Gasteiger partial charge in [-0.25, -0.2) is 0 Å². The highest BCUT2D eigenvalue weighted by Crippen LogP contribution is 2.15. The molecule has 2 aromatic heterocycles. The van der Waals surface area contributed by atoms with Crippen LogP contribution in [0.2, 0.25) is 0 Å². The number of nitrogens with one attached hydrogen (secondary N) is 1. The van der Waals surface area contributed by atoms with Crippen molar-refractivity contribution in [1.29, 1.82) is 0 Å². The van der Waals surface area contributed by atoms with E-state index in [1.165, 1.54) is 11.3 Å². The molecule has 102 valence electrons. The molecule has 0 bridgehead atoms. The number of carbonyl (C=O) groups excluding carboxylic acids is 1. The van der Waals surface area contributed by atoms with Gasteiger partial charge in [0.2, 0.25) is 0 Å². The monoisotopic (exact) mass is 285 g/mol. The van der Waals surface area contributed by atoms with Crippen LogP contribution >= 0.6 is 11.3 Å². The van der Waals surface area contributed by atoms with Gasteiger partial charge in [-0.2, -0.15) is 0 Å². The van der Waals surface area contributed by atoms with Gasteiger partial charge in [0.1, 0.15) is 0 Å². The Balaban J connectivity index is 1.84. The first-order valence-electron chi connectivity index (χ1n) is 6.26. The molecule has 2 rings (SSSR count). The molecule has 0 aromatic carbocycles. The van der Waals surface area contributed by atoms with Crippen LogP contribution in [-0.4, -0.2) is 24.0 Å². The normalized spacial score (nSPS) is 9.65. The van der Waals surface area contributed by atoms with Crippen LogP contribution in [0.15, 0.2) is 36.5 Å². The summed E-state index contributed by atoms with van der Waals surface area (Å²) in [6.45, 7) is 0.890. The van der Waals surface area contributed by atoms with Crippen LogP contribution in [0.4, 0.5) is 0 Å². The fourth-order valence-corrected chi connectivity index (χ4v) is 2.40. The van der Waals surface area contributed by atoms with Crippen LogP contribution in [0.5, 0.6) is 0 Å². The number of amides is 1. The first kappa shape index (κ1) is 14.3. The molecule has 0 fully saturated rings. The van der Waals surface area contributed by atoms with Gasteiger partial charge in [0.05, 0.1) is 16.3 Å². The van der Waals surface area contributed by atoms with E-state index >= 15 is 0 Å². The molecule has 0 aliphatic heterocycles. The van der Waals surface area contributed by atoms with E-state index in [0.29, 0.717) is 18.0 Å². The van der Waals surface area contributed by atoms with Crippen molar-refractivity contribution in [3.8, 4) is 11.8 Å². The summed E-state index contributed by atoms with van der Waals surface area (Å²) in [6.07, 6.45) is 2.47. The Kier molecular flexibility index (Phi) is 5.30. The number of pyridine rings is 1. The topological polar surface area (TPSA) is 68.0 Å². The minimum absolute atomic E-state index is 0.0771. The molecule has 20 heavy (non-hydrogen) atoms. The maximum Gasteiger partial charge on any atom is 0.261 e. The second-order valence-electron chi connectivity index (χ2n) is 4.00. The summed E-state index contributed by atoms with van der Waals surface area (Å²) in [5.74, 6) is 5.61. The molecule has 4 nitrogen and oxygen atoms in total. The Morgan fingerprint density at radius 1 is 1.35 bits per heavy atom. The predicted molar refractivity (Wildman–Crippen MR) is 80.5 cm³/mol. The molecule has 3 N–H and O–H groups in total. The zero-order chi connectivity index (χ0) is 14.2. The highest BCUT2D eigenvalue weighted by atomic mass is 32.1. The molecule has 0 radical (unpaired) electrons. The van der Waals surface area contributed by atoms with Gasteiger partial charge in [0, 0.05) is 24.9 Å². The summed E-state index contributed by atoms with van der Waals surface area (Å²) in [5, 5.41) is 2.88. The zero-order valence-electron chi connectivity index (χ0n) is 10.9. The average molecular weight is 285 g/mol. The van der Waals surface area contributed by atoms with Crippen molar-refractivity contribution in [3.05, 3.63) is 52.0 Å². The Morgan fingerprint density at radius 2 is 2.25 bits per heavy atom. The van der Waals surface area contributed by atoms with E-state index in [2.05, 4.69) is 22.1 Å². The number of nitrogens with two attached hydrogens (primary N) is 1. The first-order valence-corrected chi connectivity index (χ1v) is 7.08. The summed E-state index contributed by atoms with van der Waals surface area (Å²) in [7, 11) is 0. The van der Waals surface area contributed by atoms with Gasteiger partial charge in [0.25, 0.3) is 5.91 Å². The first-order chi connectivity index (χ1) is 9.79. The smallest absolute Gasteiger partial charge is 0.261 e. The van der Waals surface area contributed by atoms with Gasteiger partial charge in [0.15, 0.2) is 0 Å². The quantitative estimate of drug-likeness (QED) is 0.835. The van der Waals surface area contributed by atoms with Crippen molar-refractivity contribution in [1.82, 2.24) is 10.3 Å². The number of thiophene rings is 1. The lowest BCUT2D eigenvalue weighted by atomic mass is 10.2. The molecule has 0 spiro atoms. The number of carbonyl (C=O) groups is 1. The van der Waals surface area contributed by atoms with Crippen molar-refractivity contribution in [2.24, 2.45) is 5.73 Å². The van der Waals surface area contributed by atoms with E-state index in [9.17, 15) is 4.79 Å². The molecule has 1 amide bonds. The number of hydrogen-bond acceptors (Lipinski definition) is 4. The van der Waals surface area contributed by atoms with E-state index in [-0.39, 0.29) is 5.91 Å². The third-order valence-electron chi connectivity index (χ3n) is 2.54. The number of nitrogens with zero attached hydrogens (tertiary/aromatic N) is 1. The fourth-order valence-electron chi connectivity index (χ4n) is 1.60. The van der Waals surface area contributed by atoms with Crippen LogP contribution in [-0.2, 0) is 6.42 Å². The minimum atomic E-state index is -0.0771. The van der Waals surface area contributed by atoms with Crippen LogP contribution in [0.3, 0.4) is 0 Å². The van der Waals surface area contributed by atoms with E-state index in [4.69, 9.17) is 5.73 Å². The standard InChI is InChI=1S/C15H15N3OS/c16-9-3-5-13-6-7-14(20-13)15(19)18-11-8-12-4-1-2-10-17-12/h1-2,4,6-7,10H,8-9,11,16H2,(H,18,19). The predicted octanol–water partition coefficient (Wildman–Crippen LogP) is 1.43. The Morgan fingerprint density at radius 3 is 3.00 bits per heavy atom. The average Bonchev–Trinajstić information content (AvgIpc) is 2.95. The van der Waals surface area contributed by atoms with Gasteiger partial charge in [-0.15, -0.1) is 11.3 Å². The largest absolute Gasteiger partial charge is 0.351 e. The molecule has 0 saturated carbocycles. The molecular formula is C15H15N3OS. The number of aromatic nitrogens is 1. The molecule has 0 aliphatic rings. The lowest BCUT2D eigenvalue weighted by Gasteiger charge is -2.02. The third kappa shape index (κ3) is 4.19. The molecule has 0 atom stereocenters. The summed E-state index contributed by atoms with van der Waals surface area (Å²) in [6, 6.07) is 9.36. The van der Waals surface area contributed by atoms with E-state index in [0.717, 1.165) is 17.0 Å². The lowest BCUT2D eigenvalue weighted by molar-refractivity contribution is 0.0958. The highest BCUT2D eigenvalue weighted by Gasteiger charge is 2.07. The maximum absolute atomic E-state index is 11.9. The lowest BCUT2D eigenvalue weighted by Crippen LogP contribution is -2.25. The van der Waals surface area contributed by atoms with E-state index in [1.807, 2.05) is 24.3 Å². The van der Waals surface area contributed by atoms with Crippen molar-refractivity contribution in [2.75, 3.05) is 13.1 Å².